The van der Waals surface area contributed by atoms with Crippen LogP contribution in [0.4, 0.5) is 0 Å². The molecule has 2 atom stereocenters. The van der Waals surface area contributed by atoms with E-state index in [0.29, 0.717) is 0 Å². The van der Waals surface area contributed by atoms with Crippen molar-refractivity contribution in [2.45, 2.75) is 51.1 Å². The number of rotatable bonds is 5. The van der Waals surface area contributed by atoms with Crippen LogP contribution in [-0.2, 0) is 0 Å². The van der Waals surface area contributed by atoms with Gasteiger partial charge in [-0.15, -0.1) is 0 Å². The van der Waals surface area contributed by atoms with Crippen LogP contribution in [0.2, 0.25) is 0 Å². The Morgan fingerprint density at radius 2 is 2.11 bits per heavy atom. The number of hydrogen-bond donors (Lipinski definition) is 1. The molecular formula is C15H29N3. The highest BCUT2D eigenvalue weighted by molar-refractivity contribution is 4.93. The van der Waals surface area contributed by atoms with E-state index in [0.717, 1.165) is 18.0 Å². The topological polar surface area (TPSA) is 18.5 Å². The van der Waals surface area contributed by atoms with Gasteiger partial charge in [-0.05, 0) is 57.7 Å². The molecule has 0 bridgehead atoms. The van der Waals surface area contributed by atoms with Crippen molar-refractivity contribution in [1.29, 1.82) is 0 Å². The average molecular weight is 251 g/mol. The second kappa shape index (κ2) is 5.89. The van der Waals surface area contributed by atoms with Gasteiger partial charge in [-0.3, -0.25) is 9.80 Å². The van der Waals surface area contributed by atoms with E-state index in [1.54, 1.807) is 0 Å². The molecule has 1 N–H and O–H groups in total. The zero-order valence-corrected chi connectivity index (χ0v) is 11.9. The van der Waals surface area contributed by atoms with E-state index < -0.39 is 0 Å². The molecule has 0 aromatic carbocycles. The molecule has 0 amide bonds. The van der Waals surface area contributed by atoms with E-state index in [1.807, 2.05) is 0 Å². The standard InChI is InChI=1S/C15H29N3/c1-2-17(11-13-4-3-8-16-10-13)15-7-9-18(12-15)14-5-6-14/h13-16H,2-12H2,1H3. The van der Waals surface area contributed by atoms with Gasteiger partial charge in [0.15, 0.2) is 0 Å². The van der Waals surface area contributed by atoms with Crippen LogP contribution < -0.4 is 5.32 Å². The largest absolute Gasteiger partial charge is 0.316 e. The Labute approximate surface area is 112 Å². The third-order valence-electron chi connectivity index (χ3n) is 5.07. The van der Waals surface area contributed by atoms with E-state index in [-0.39, 0.29) is 0 Å². The Hall–Kier alpha value is -0.120. The van der Waals surface area contributed by atoms with Crippen molar-refractivity contribution < 1.29 is 0 Å². The smallest absolute Gasteiger partial charge is 0.0235 e. The minimum atomic E-state index is 0.845. The first-order chi connectivity index (χ1) is 8.86. The molecule has 1 aliphatic carbocycles. The molecule has 2 aliphatic heterocycles. The summed E-state index contributed by atoms with van der Waals surface area (Å²) in [5, 5.41) is 3.55. The summed E-state index contributed by atoms with van der Waals surface area (Å²) in [6, 6.07) is 1.81. The lowest BCUT2D eigenvalue weighted by atomic mass is 9.98. The predicted molar refractivity (Wildman–Crippen MR) is 75.8 cm³/mol. The molecule has 2 heterocycles. The van der Waals surface area contributed by atoms with Crippen LogP contribution in [0.5, 0.6) is 0 Å². The lowest BCUT2D eigenvalue weighted by Gasteiger charge is -2.33. The first-order valence-corrected chi connectivity index (χ1v) is 8.05. The number of likely N-dealkylation sites (tertiary alicyclic amines) is 1. The summed E-state index contributed by atoms with van der Waals surface area (Å²) >= 11 is 0. The maximum Gasteiger partial charge on any atom is 0.0235 e. The quantitative estimate of drug-likeness (QED) is 0.800. The summed E-state index contributed by atoms with van der Waals surface area (Å²) in [7, 11) is 0. The number of piperidine rings is 1. The molecular weight excluding hydrogens is 222 g/mol. The SMILES string of the molecule is CCN(CC1CCCNC1)C1CCN(C2CC2)C1. The first kappa shape index (κ1) is 12.9. The molecule has 3 aliphatic rings. The monoisotopic (exact) mass is 251 g/mol. The number of likely N-dealkylation sites (N-methyl/N-ethyl adjacent to an activating group) is 1. The highest BCUT2D eigenvalue weighted by Crippen LogP contribution is 2.31. The highest BCUT2D eigenvalue weighted by atomic mass is 15.3. The van der Waals surface area contributed by atoms with Gasteiger partial charge in [-0.2, -0.15) is 0 Å². The zero-order valence-electron chi connectivity index (χ0n) is 11.9. The summed E-state index contributed by atoms with van der Waals surface area (Å²) in [6.45, 7) is 10.1. The van der Waals surface area contributed by atoms with E-state index in [9.17, 15) is 0 Å². The van der Waals surface area contributed by atoms with Crippen molar-refractivity contribution in [1.82, 2.24) is 15.1 Å². The maximum absolute atomic E-state index is 3.55. The molecule has 3 nitrogen and oxygen atoms in total. The molecule has 3 heteroatoms. The Morgan fingerprint density at radius 1 is 1.22 bits per heavy atom. The second-order valence-electron chi connectivity index (χ2n) is 6.47. The first-order valence-electron chi connectivity index (χ1n) is 8.05. The van der Waals surface area contributed by atoms with Crippen LogP contribution in [0.25, 0.3) is 0 Å². The van der Waals surface area contributed by atoms with Gasteiger partial charge in [0.05, 0.1) is 0 Å². The van der Waals surface area contributed by atoms with Crippen molar-refractivity contribution in [3.05, 3.63) is 0 Å². The number of hydrogen-bond acceptors (Lipinski definition) is 3. The lowest BCUT2D eigenvalue weighted by Crippen LogP contribution is -2.44. The van der Waals surface area contributed by atoms with Gasteiger partial charge in [0.25, 0.3) is 0 Å². The van der Waals surface area contributed by atoms with Crippen LogP contribution in [0.15, 0.2) is 0 Å². The average Bonchev–Trinajstić information content (AvgIpc) is 3.16. The van der Waals surface area contributed by atoms with Crippen molar-refractivity contribution in [3.63, 3.8) is 0 Å². The fourth-order valence-electron chi connectivity index (χ4n) is 3.79. The van der Waals surface area contributed by atoms with Gasteiger partial charge in [-0.25, -0.2) is 0 Å². The number of nitrogens with one attached hydrogen (secondary N) is 1. The zero-order chi connectivity index (χ0) is 12.4. The Kier molecular flexibility index (Phi) is 4.22. The third kappa shape index (κ3) is 3.06. The maximum atomic E-state index is 3.55. The Morgan fingerprint density at radius 3 is 2.78 bits per heavy atom. The molecule has 104 valence electrons. The summed E-state index contributed by atoms with van der Waals surface area (Å²) in [6.07, 6.45) is 7.14. The van der Waals surface area contributed by atoms with Gasteiger partial charge in [0, 0.05) is 31.7 Å². The van der Waals surface area contributed by atoms with Crippen LogP contribution in [0, 0.1) is 5.92 Å². The highest BCUT2D eigenvalue weighted by Gasteiger charge is 2.36. The normalized spacial score (nSPS) is 34.3. The Bertz CT molecular complexity index is 258. The fraction of sp³-hybridized carbons (Fsp3) is 1.00. The summed E-state index contributed by atoms with van der Waals surface area (Å²) in [5.41, 5.74) is 0. The van der Waals surface area contributed by atoms with E-state index in [2.05, 4.69) is 22.0 Å². The molecule has 0 aromatic heterocycles. The van der Waals surface area contributed by atoms with E-state index in [4.69, 9.17) is 0 Å². The van der Waals surface area contributed by atoms with E-state index >= 15 is 0 Å². The van der Waals surface area contributed by atoms with E-state index in [1.165, 1.54) is 71.4 Å². The molecule has 18 heavy (non-hydrogen) atoms. The van der Waals surface area contributed by atoms with Gasteiger partial charge in [0.2, 0.25) is 0 Å². The molecule has 0 aromatic rings. The molecule has 1 saturated carbocycles. The molecule has 0 spiro atoms. The predicted octanol–water partition coefficient (Wildman–Crippen LogP) is 1.54. The molecule has 2 saturated heterocycles. The molecule has 2 unspecified atom stereocenters. The fourth-order valence-corrected chi connectivity index (χ4v) is 3.79. The summed E-state index contributed by atoms with van der Waals surface area (Å²) in [5.74, 6) is 0.897. The van der Waals surface area contributed by atoms with Gasteiger partial charge in [0.1, 0.15) is 0 Å². The molecule has 3 fully saturated rings. The summed E-state index contributed by atoms with van der Waals surface area (Å²) in [4.78, 5) is 5.51. The third-order valence-corrected chi connectivity index (χ3v) is 5.07. The van der Waals surface area contributed by atoms with Crippen LogP contribution >= 0.6 is 0 Å². The van der Waals surface area contributed by atoms with Crippen molar-refractivity contribution in [2.75, 3.05) is 39.3 Å². The van der Waals surface area contributed by atoms with Crippen molar-refractivity contribution in [3.8, 4) is 0 Å². The van der Waals surface area contributed by atoms with Crippen LogP contribution in [0.1, 0.15) is 39.0 Å². The van der Waals surface area contributed by atoms with Gasteiger partial charge < -0.3 is 5.32 Å². The minimum absolute atomic E-state index is 0.845. The molecule has 0 radical (unpaired) electrons. The summed E-state index contributed by atoms with van der Waals surface area (Å²) < 4.78 is 0. The van der Waals surface area contributed by atoms with Crippen LogP contribution in [-0.4, -0.2) is 61.2 Å². The molecule has 3 rings (SSSR count). The lowest BCUT2D eigenvalue weighted by molar-refractivity contribution is 0.159. The van der Waals surface area contributed by atoms with Crippen molar-refractivity contribution in [2.24, 2.45) is 5.92 Å². The second-order valence-corrected chi connectivity index (χ2v) is 6.47. The van der Waals surface area contributed by atoms with Crippen molar-refractivity contribution >= 4 is 0 Å². The Balaban J connectivity index is 1.48. The number of nitrogens with zero attached hydrogens (tertiary/aromatic N) is 2. The van der Waals surface area contributed by atoms with Crippen LogP contribution in [0.3, 0.4) is 0 Å². The van der Waals surface area contributed by atoms with Gasteiger partial charge in [-0.1, -0.05) is 6.92 Å². The minimum Gasteiger partial charge on any atom is -0.316 e. The van der Waals surface area contributed by atoms with Gasteiger partial charge >= 0.3 is 0 Å².